The number of H-pyrrole nitrogens is 1. The number of amides is 1. The van der Waals surface area contributed by atoms with Gasteiger partial charge in [0, 0.05) is 12.1 Å². The summed E-state index contributed by atoms with van der Waals surface area (Å²) in [5.41, 5.74) is 0.494. The number of aryl methyl sites for hydroxylation is 1. The first-order valence-corrected chi connectivity index (χ1v) is 7.79. The SMILES string of the molecule is CCc1nc(SC(C)C(=O)Nc2ccc(OC(F)F)cc2)n[nH]1. The van der Waals surface area contributed by atoms with E-state index in [1.807, 2.05) is 6.92 Å². The van der Waals surface area contributed by atoms with Crippen LogP contribution in [0.25, 0.3) is 0 Å². The summed E-state index contributed by atoms with van der Waals surface area (Å²) < 4.78 is 28.4. The Balaban J connectivity index is 1.89. The van der Waals surface area contributed by atoms with Crippen molar-refractivity contribution in [2.24, 2.45) is 0 Å². The predicted molar refractivity (Wildman–Crippen MR) is 82.8 cm³/mol. The van der Waals surface area contributed by atoms with Gasteiger partial charge in [0.15, 0.2) is 0 Å². The van der Waals surface area contributed by atoms with Gasteiger partial charge in [0.05, 0.1) is 5.25 Å². The van der Waals surface area contributed by atoms with E-state index in [9.17, 15) is 13.6 Å². The maximum atomic E-state index is 12.1. The summed E-state index contributed by atoms with van der Waals surface area (Å²) in [6.07, 6.45) is 0.737. The highest BCUT2D eigenvalue weighted by Gasteiger charge is 2.17. The number of hydrogen-bond donors (Lipinski definition) is 2. The van der Waals surface area contributed by atoms with Crippen molar-refractivity contribution in [3.63, 3.8) is 0 Å². The van der Waals surface area contributed by atoms with Crippen LogP contribution in [-0.2, 0) is 11.2 Å². The molecule has 0 bridgehead atoms. The van der Waals surface area contributed by atoms with Crippen LogP contribution in [0.2, 0.25) is 0 Å². The molecule has 1 amide bonds. The Bertz CT molecular complexity index is 648. The van der Waals surface area contributed by atoms with Gasteiger partial charge in [-0.15, -0.1) is 5.10 Å². The number of carbonyl (C=O) groups is 1. The molecule has 9 heteroatoms. The first-order valence-electron chi connectivity index (χ1n) is 6.91. The van der Waals surface area contributed by atoms with Gasteiger partial charge in [0.25, 0.3) is 0 Å². The number of carbonyl (C=O) groups excluding carboxylic acids is 1. The van der Waals surface area contributed by atoms with Crippen LogP contribution in [0.5, 0.6) is 5.75 Å². The fourth-order valence-electron chi connectivity index (χ4n) is 1.66. The third kappa shape index (κ3) is 5.20. The maximum absolute atomic E-state index is 12.1. The average molecular weight is 342 g/mol. The standard InChI is InChI=1S/C14H16F2N4O2S/c1-3-11-18-14(20-19-11)23-8(2)12(21)17-9-4-6-10(7-5-9)22-13(15)16/h4-8,13H,3H2,1-2H3,(H,17,21)(H,18,19,20). The smallest absolute Gasteiger partial charge is 0.387 e. The largest absolute Gasteiger partial charge is 0.435 e. The molecule has 0 aliphatic heterocycles. The lowest BCUT2D eigenvalue weighted by Crippen LogP contribution is -2.22. The number of nitrogens with zero attached hydrogens (tertiary/aromatic N) is 2. The van der Waals surface area contributed by atoms with E-state index in [0.717, 1.165) is 12.2 Å². The lowest BCUT2D eigenvalue weighted by atomic mass is 10.3. The summed E-state index contributed by atoms with van der Waals surface area (Å²) in [5.74, 6) is 0.559. The van der Waals surface area contributed by atoms with Gasteiger partial charge >= 0.3 is 6.61 Å². The van der Waals surface area contributed by atoms with Gasteiger partial charge in [0.2, 0.25) is 11.1 Å². The summed E-state index contributed by atoms with van der Waals surface area (Å²) in [7, 11) is 0. The average Bonchev–Trinajstić information content (AvgIpc) is 2.96. The van der Waals surface area contributed by atoms with Crippen LogP contribution in [0.15, 0.2) is 29.4 Å². The van der Waals surface area contributed by atoms with Crippen molar-refractivity contribution in [3.05, 3.63) is 30.1 Å². The number of alkyl halides is 2. The molecule has 124 valence electrons. The van der Waals surface area contributed by atoms with E-state index in [1.54, 1.807) is 6.92 Å². The van der Waals surface area contributed by atoms with E-state index in [-0.39, 0.29) is 11.7 Å². The number of hydrogen-bond acceptors (Lipinski definition) is 5. The number of rotatable bonds is 7. The highest BCUT2D eigenvalue weighted by Crippen LogP contribution is 2.22. The fraction of sp³-hybridized carbons (Fsp3) is 0.357. The zero-order valence-electron chi connectivity index (χ0n) is 12.5. The number of thioether (sulfide) groups is 1. The molecular weight excluding hydrogens is 326 g/mol. The molecule has 0 spiro atoms. The molecule has 0 aliphatic rings. The number of benzene rings is 1. The predicted octanol–water partition coefficient (Wildman–Crippen LogP) is 3.09. The third-order valence-electron chi connectivity index (χ3n) is 2.84. The molecule has 2 aromatic rings. The molecule has 1 heterocycles. The van der Waals surface area contributed by atoms with E-state index < -0.39 is 11.9 Å². The molecular formula is C14H16F2N4O2S. The van der Waals surface area contributed by atoms with Crippen molar-refractivity contribution < 1.29 is 18.3 Å². The van der Waals surface area contributed by atoms with Gasteiger partial charge in [-0.05, 0) is 31.2 Å². The lowest BCUT2D eigenvalue weighted by molar-refractivity contribution is -0.115. The molecule has 0 saturated heterocycles. The number of ether oxygens (including phenoxy) is 1. The Kier molecular flexibility index (Phi) is 5.91. The van der Waals surface area contributed by atoms with Crippen LogP contribution in [0, 0.1) is 0 Å². The topological polar surface area (TPSA) is 79.9 Å². The van der Waals surface area contributed by atoms with Crippen LogP contribution >= 0.6 is 11.8 Å². The summed E-state index contributed by atoms with van der Waals surface area (Å²) in [5, 5.41) is 9.59. The number of nitrogens with one attached hydrogen (secondary N) is 2. The molecule has 0 saturated carbocycles. The third-order valence-corrected chi connectivity index (χ3v) is 3.81. The van der Waals surface area contributed by atoms with Crippen LogP contribution < -0.4 is 10.1 Å². The molecule has 0 radical (unpaired) electrons. The number of aromatic amines is 1. The molecule has 1 aromatic carbocycles. The van der Waals surface area contributed by atoms with Crippen LogP contribution in [0.4, 0.5) is 14.5 Å². The Labute approximate surface area is 136 Å². The molecule has 6 nitrogen and oxygen atoms in total. The van der Waals surface area contributed by atoms with Gasteiger partial charge in [0.1, 0.15) is 11.6 Å². The Hall–Kier alpha value is -2.16. The molecule has 2 N–H and O–H groups in total. The van der Waals surface area contributed by atoms with E-state index in [4.69, 9.17) is 0 Å². The Morgan fingerprint density at radius 2 is 2.09 bits per heavy atom. The number of aromatic nitrogens is 3. The minimum atomic E-state index is -2.87. The monoisotopic (exact) mass is 342 g/mol. The first kappa shape index (κ1) is 17.2. The van der Waals surface area contributed by atoms with Crippen LogP contribution in [-0.4, -0.2) is 32.9 Å². The second-order valence-corrected chi connectivity index (χ2v) is 5.88. The van der Waals surface area contributed by atoms with E-state index in [1.165, 1.54) is 36.0 Å². The van der Waals surface area contributed by atoms with Gasteiger partial charge in [-0.1, -0.05) is 18.7 Å². The normalized spacial score (nSPS) is 12.2. The highest BCUT2D eigenvalue weighted by molar-refractivity contribution is 8.00. The fourth-order valence-corrected chi connectivity index (χ4v) is 2.41. The van der Waals surface area contributed by atoms with Crippen LogP contribution in [0.3, 0.4) is 0 Å². The maximum Gasteiger partial charge on any atom is 0.387 e. The second kappa shape index (κ2) is 7.91. The molecule has 23 heavy (non-hydrogen) atoms. The van der Waals surface area contributed by atoms with E-state index in [2.05, 4.69) is 25.2 Å². The molecule has 0 fully saturated rings. The van der Waals surface area contributed by atoms with Crippen molar-refractivity contribution >= 4 is 23.4 Å². The minimum absolute atomic E-state index is 0.0354. The molecule has 1 unspecified atom stereocenters. The summed E-state index contributed by atoms with van der Waals surface area (Å²) in [6, 6.07) is 5.72. The minimum Gasteiger partial charge on any atom is -0.435 e. The van der Waals surface area contributed by atoms with Crippen molar-refractivity contribution in [2.45, 2.75) is 37.3 Å². The van der Waals surface area contributed by atoms with Gasteiger partial charge in [-0.25, -0.2) is 4.98 Å². The highest BCUT2D eigenvalue weighted by atomic mass is 32.2. The zero-order chi connectivity index (χ0) is 16.8. The first-order chi connectivity index (χ1) is 11.0. The van der Waals surface area contributed by atoms with E-state index >= 15 is 0 Å². The van der Waals surface area contributed by atoms with Crippen LogP contribution in [0.1, 0.15) is 19.7 Å². The summed E-state index contributed by atoms with van der Waals surface area (Å²) in [6.45, 7) is 0.809. The van der Waals surface area contributed by atoms with Crippen molar-refractivity contribution in [2.75, 3.05) is 5.32 Å². The summed E-state index contributed by atoms with van der Waals surface area (Å²) in [4.78, 5) is 16.3. The Morgan fingerprint density at radius 1 is 1.39 bits per heavy atom. The van der Waals surface area contributed by atoms with Gasteiger partial charge in [-0.3, -0.25) is 9.89 Å². The van der Waals surface area contributed by atoms with Gasteiger partial charge in [-0.2, -0.15) is 8.78 Å². The molecule has 1 aromatic heterocycles. The molecule has 2 rings (SSSR count). The van der Waals surface area contributed by atoms with Crippen molar-refractivity contribution in [3.8, 4) is 5.75 Å². The quantitative estimate of drug-likeness (QED) is 0.756. The van der Waals surface area contributed by atoms with E-state index in [0.29, 0.717) is 10.8 Å². The number of halogens is 2. The Morgan fingerprint density at radius 3 is 2.65 bits per heavy atom. The second-order valence-electron chi connectivity index (χ2n) is 4.57. The lowest BCUT2D eigenvalue weighted by Gasteiger charge is -2.11. The number of anilines is 1. The molecule has 0 aliphatic carbocycles. The van der Waals surface area contributed by atoms with Crippen molar-refractivity contribution in [1.82, 2.24) is 15.2 Å². The van der Waals surface area contributed by atoms with Gasteiger partial charge < -0.3 is 10.1 Å². The summed E-state index contributed by atoms with van der Waals surface area (Å²) >= 11 is 1.23. The van der Waals surface area contributed by atoms with Crippen molar-refractivity contribution in [1.29, 1.82) is 0 Å². The molecule has 1 atom stereocenters. The zero-order valence-corrected chi connectivity index (χ0v) is 13.4.